The van der Waals surface area contributed by atoms with Crippen LogP contribution in [0.2, 0.25) is 0 Å². The van der Waals surface area contributed by atoms with E-state index in [4.69, 9.17) is 4.52 Å². The van der Waals surface area contributed by atoms with E-state index in [1.807, 2.05) is 6.92 Å². The molecule has 0 aromatic heterocycles. The van der Waals surface area contributed by atoms with Crippen molar-refractivity contribution in [3.63, 3.8) is 0 Å². The minimum absolute atomic E-state index is 0.0418. The molecule has 4 heteroatoms. The molecule has 114 valence electrons. The highest BCUT2D eigenvalue weighted by Gasteiger charge is 2.34. The molecule has 0 bridgehead atoms. The van der Waals surface area contributed by atoms with Crippen LogP contribution in [0.3, 0.4) is 0 Å². The second-order valence-corrected chi connectivity index (χ2v) is 9.45. The van der Waals surface area contributed by atoms with E-state index in [9.17, 15) is 9.79 Å². The molecule has 0 aliphatic heterocycles. The van der Waals surface area contributed by atoms with Crippen LogP contribution in [0, 0.1) is 6.92 Å². The molecular formula is C16H28O3P+. The first-order valence-corrected chi connectivity index (χ1v) is 8.95. The number of hydrogen-bond acceptors (Lipinski definition) is 3. The van der Waals surface area contributed by atoms with Crippen LogP contribution in [0.15, 0.2) is 12.1 Å². The summed E-state index contributed by atoms with van der Waals surface area (Å²) in [5, 5.41) is 0. The molecule has 0 saturated carbocycles. The van der Waals surface area contributed by atoms with E-state index in [-0.39, 0.29) is 10.8 Å². The molecule has 1 rings (SSSR count). The lowest BCUT2D eigenvalue weighted by atomic mass is 9.79. The molecule has 0 amide bonds. The molecule has 0 saturated heterocycles. The molecule has 0 aliphatic rings. The molecule has 3 nitrogen and oxygen atoms in total. The third kappa shape index (κ3) is 4.44. The minimum atomic E-state index is -3.32. The first-order valence-electron chi connectivity index (χ1n) is 6.89. The zero-order chi connectivity index (χ0) is 15.9. The first-order chi connectivity index (χ1) is 8.72. The van der Waals surface area contributed by atoms with Gasteiger partial charge in [-0.15, -0.1) is 0 Å². The third-order valence-corrected chi connectivity index (χ3v) is 3.74. The van der Waals surface area contributed by atoms with Crippen LogP contribution in [0.1, 0.15) is 58.2 Å². The Bertz CT molecular complexity index is 488. The van der Waals surface area contributed by atoms with Gasteiger partial charge in [0.1, 0.15) is 6.66 Å². The molecule has 2 N–H and O–H groups in total. The van der Waals surface area contributed by atoms with Gasteiger partial charge in [-0.3, -0.25) is 4.52 Å². The van der Waals surface area contributed by atoms with Crippen molar-refractivity contribution in [3.05, 3.63) is 28.8 Å². The molecule has 0 heterocycles. The molecule has 0 fully saturated rings. The zero-order valence-electron chi connectivity index (χ0n) is 13.9. The Kier molecular flexibility index (Phi) is 4.61. The summed E-state index contributed by atoms with van der Waals surface area (Å²) in [7, 11) is -3.32. The Morgan fingerprint density at radius 1 is 0.950 bits per heavy atom. The van der Waals surface area contributed by atoms with Crippen molar-refractivity contribution in [2.75, 3.05) is 6.66 Å². The van der Waals surface area contributed by atoms with Crippen LogP contribution in [0.4, 0.5) is 0 Å². The van der Waals surface area contributed by atoms with Crippen molar-refractivity contribution in [1.29, 1.82) is 0 Å². The Hall–Kier alpha value is -0.630. The molecule has 0 spiro atoms. The van der Waals surface area contributed by atoms with Gasteiger partial charge >= 0.3 is 7.94 Å². The van der Waals surface area contributed by atoms with Gasteiger partial charge in [-0.25, -0.2) is 0 Å². The average molecular weight is 299 g/mol. The van der Waals surface area contributed by atoms with E-state index in [1.165, 1.54) is 12.2 Å². The van der Waals surface area contributed by atoms with Crippen LogP contribution in [0.25, 0.3) is 0 Å². The smallest absolute Gasteiger partial charge is 0.287 e. The van der Waals surface area contributed by atoms with Gasteiger partial charge in [0, 0.05) is 5.56 Å². The van der Waals surface area contributed by atoms with Crippen molar-refractivity contribution in [1.82, 2.24) is 0 Å². The van der Waals surface area contributed by atoms with Crippen LogP contribution < -0.4 is 4.52 Å². The van der Waals surface area contributed by atoms with Crippen LogP contribution in [-0.2, 0) is 10.8 Å². The van der Waals surface area contributed by atoms with Crippen molar-refractivity contribution in [2.24, 2.45) is 0 Å². The fourth-order valence-corrected chi connectivity index (χ4v) is 2.65. The monoisotopic (exact) mass is 299 g/mol. The summed E-state index contributed by atoms with van der Waals surface area (Å²) in [5.41, 5.74) is 3.09. The number of benzene rings is 1. The SMILES string of the molecule is Cc1cc(C(C)(C)C)cc(C(C)(C)C)c1O[P+](C)(O)O. The average Bonchev–Trinajstić information content (AvgIpc) is 2.15. The second kappa shape index (κ2) is 5.29. The summed E-state index contributed by atoms with van der Waals surface area (Å²) in [6.45, 7) is 16.1. The van der Waals surface area contributed by atoms with E-state index >= 15 is 0 Å². The Morgan fingerprint density at radius 3 is 1.80 bits per heavy atom. The lowest BCUT2D eigenvalue weighted by molar-refractivity contribution is 0.342. The molecule has 20 heavy (non-hydrogen) atoms. The fraction of sp³-hybridized carbons (Fsp3) is 0.625. The van der Waals surface area contributed by atoms with E-state index in [0.29, 0.717) is 5.75 Å². The van der Waals surface area contributed by atoms with Gasteiger partial charge < -0.3 is 0 Å². The summed E-state index contributed by atoms with van der Waals surface area (Å²) in [5.74, 6) is 0.603. The highest BCUT2D eigenvalue weighted by atomic mass is 31.2. The Balaban J connectivity index is 3.52. The molecular weight excluding hydrogens is 271 g/mol. The minimum Gasteiger partial charge on any atom is -0.287 e. The second-order valence-electron chi connectivity index (χ2n) is 7.60. The number of aryl methyl sites for hydroxylation is 1. The molecule has 1 aromatic rings. The van der Waals surface area contributed by atoms with Crippen molar-refractivity contribution < 1.29 is 14.3 Å². The van der Waals surface area contributed by atoms with Gasteiger partial charge in [0.05, 0.1) is 0 Å². The highest BCUT2D eigenvalue weighted by Crippen LogP contribution is 2.50. The van der Waals surface area contributed by atoms with Gasteiger partial charge in [0.15, 0.2) is 5.75 Å². The van der Waals surface area contributed by atoms with Crippen LogP contribution in [0.5, 0.6) is 5.75 Å². The predicted molar refractivity (Wildman–Crippen MR) is 86.5 cm³/mol. The molecule has 0 unspecified atom stereocenters. The van der Waals surface area contributed by atoms with Crippen molar-refractivity contribution in [3.8, 4) is 5.75 Å². The molecule has 0 aliphatic carbocycles. The number of hydrogen-bond donors (Lipinski definition) is 2. The Morgan fingerprint density at radius 2 is 1.45 bits per heavy atom. The molecule has 0 radical (unpaired) electrons. The van der Waals surface area contributed by atoms with Crippen LogP contribution >= 0.6 is 7.94 Å². The van der Waals surface area contributed by atoms with E-state index < -0.39 is 7.94 Å². The zero-order valence-corrected chi connectivity index (χ0v) is 14.8. The summed E-state index contributed by atoms with van der Waals surface area (Å²) >= 11 is 0. The standard InChI is InChI=1S/C16H28O3P/c1-11-9-12(15(2,3)4)10-13(16(5,6)7)14(11)19-20(8,17)18/h9-10,17-18H,1-8H3/q+1. The maximum Gasteiger partial charge on any atom is 0.448 e. The van der Waals surface area contributed by atoms with Crippen molar-refractivity contribution >= 4 is 7.94 Å². The summed E-state index contributed by atoms with van der Waals surface area (Å²) in [6.07, 6.45) is 0. The Labute approximate surface area is 123 Å². The predicted octanol–water partition coefficient (Wildman–Crippen LogP) is 4.35. The van der Waals surface area contributed by atoms with Gasteiger partial charge in [0.2, 0.25) is 0 Å². The molecule has 1 aromatic carbocycles. The van der Waals surface area contributed by atoms with E-state index in [0.717, 1.165) is 11.1 Å². The van der Waals surface area contributed by atoms with Gasteiger partial charge in [-0.05, 0) is 28.9 Å². The summed E-state index contributed by atoms with van der Waals surface area (Å²) in [4.78, 5) is 19.3. The maximum atomic E-state index is 9.66. The largest absolute Gasteiger partial charge is 0.448 e. The summed E-state index contributed by atoms with van der Waals surface area (Å²) < 4.78 is 5.48. The maximum absolute atomic E-state index is 9.66. The molecule has 0 atom stereocenters. The lowest BCUT2D eigenvalue weighted by Crippen LogP contribution is -2.18. The van der Waals surface area contributed by atoms with Gasteiger partial charge in [0.25, 0.3) is 0 Å². The topological polar surface area (TPSA) is 49.7 Å². The normalized spacial score (nSPS) is 13.5. The summed E-state index contributed by atoms with van der Waals surface area (Å²) in [6, 6.07) is 4.19. The van der Waals surface area contributed by atoms with E-state index in [2.05, 4.69) is 53.7 Å². The lowest BCUT2D eigenvalue weighted by Gasteiger charge is -2.28. The van der Waals surface area contributed by atoms with Gasteiger partial charge in [-0.1, -0.05) is 53.7 Å². The van der Waals surface area contributed by atoms with Crippen molar-refractivity contribution in [2.45, 2.75) is 59.3 Å². The number of rotatable bonds is 2. The quantitative estimate of drug-likeness (QED) is 0.798. The highest BCUT2D eigenvalue weighted by molar-refractivity contribution is 7.59. The van der Waals surface area contributed by atoms with Gasteiger partial charge in [-0.2, -0.15) is 9.79 Å². The van der Waals surface area contributed by atoms with Crippen LogP contribution in [-0.4, -0.2) is 16.5 Å². The first kappa shape index (κ1) is 17.4. The third-order valence-electron chi connectivity index (χ3n) is 3.21. The fourth-order valence-electron chi connectivity index (χ4n) is 2.06. The van der Waals surface area contributed by atoms with E-state index in [1.54, 1.807) is 0 Å².